The number of carbonyl (C=O) groups is 2. The molecule has 21 heavy (non-hydrogen) atoms. The number of carboxylic acid groups (broad SMARTS) is 1. The molecular weight excluding hydrogens is 292 g/mol. The van der Waals surface area contributed by atoms with E-state index in [1.807, 2.05) is 20.8 Å². The largest absolute Gasteiger partial charge is 0.479 e. The monoisotopic (exact) mass is 312 g/mol. The van der Waals surface area contributed by atoms with E-state index in [-0.39, 0.29) is 24.0 Å². The number of morpholine rings is 1. The lowest BCUT2D eigenvalue weighted by molar-refractivity contribution is -0.160. The van der Waals surface area contributed by atoms with Crippen LogP contribution in [0.3, 0.4) is 0 Å². The minimum atomic E-state index is -1.04. The first kappa shape index (κ1) is 15.9. The Bertz CT molecular complexity index is 549. The smallest absolute Gasteiger partial charge is 0.334 e. The summed E-state index contributed by atoms with van der Waals surface area (Å²) in [5, 5.41) is 9.10. The van der Waals surface area contributed by atoms with Gasteiger partial charge in [-0.15, -0.1) is 11.3 Å². The lowest BCUT2D eigenvalue weighted by Gasteiger charge is -2.35. The van der Waals surface area contributed by atoms with Gasteiger partial charge in [0.1, 0.15) is 4.88 Å². The number of carbonyl (C=O) groups excluding carboxylic acids is 1. The summed E-state index contributed by atoms with van der Waals surface area (Å²) in [5.41, 5.74) is 2.19. The third-order valence-corrected chi connectivity index (χ3v) is 4.11. The quantitative estimate of drug-likeness (QED) is 0.900. The molecule has 1 aromatic rings. The van der Waals surface area contributed by atoms with Crippen molar-refractivity contribution in [2.24, 2.45) is 0 Å². The van der Waals surface area contributed by atoms with Gasteiger partial charge in [0.25, 0.3) is 5.91 Å². The molecule has 1 amide bonds. The van der Waals surface area contributed by atoms with Crippen molar-refractivity contribution in [3.63, 3.8) is 0 Å². The molecule has 2 rings (SSSR count). The maximum atomic E-state index is 12.7. The standard InChI is InChI=1S/C14H20N2O4S/c1-8-5-16(6-9(20-8)13(18)19)12(17)10-11(14(2,3)4)15-7-21-10/h7-9H,5-6H2,1-4H3,(H,18,19)/t8-,9?/m1/s1. The van der Waals surface area contributed by atoms with E-state index >= 15 is 0 Å². The van der Waals surface area contributed by atoms with E-state index in [0.717, 1.165) is 5.69 Å². The number of amides is 1. The first-order valence-corrected chi connectivity index (χ1v) is 7.69. The molecule has 1 unspecified atom stereocenters. The fourth-order valence-electron chi connectivity index (χ4n) is 2.33. The van der Waals surface area contributed by atoms with Gasteiger partial charge >= 0.3 is 5.97 Å². The van der Waals surface area contributed by atoms with Gasteiger partial charge in [-0.1, -0.05) is 20.8 Å². The third-order valence-electron chi connectivity index (χ3n) is 3.30. The number of rotatable bonds is 2. The van der Waals surface area contributed by atoms with Crippen LogP contribution in [0.15, 0.2) is 5.51 Å². The van der Waals surface area contributed by atoms with E-state index in [2.05, 4.69) is 4.98 Å². The predicted octanol–water partition coefficient (Wildman–Crippen LogP) is 1.75. The number of thiazole rings is 1. The Morgan fingerprint density at radius 2 is 2.10 bits per heavy atom. The molecule has 1 fully saturated rings. The molecule has 1 aliphatic rings. The van der Waals surface area contributed by atoms with Gasteiger partial charge in [0.05, 0.1) is 23.9 Å². The molecule has 0 bridgehead atoms. The van der Waals surface area contributed by atoms with Crippen LogP contribution in [-0.4, -0.2) is 52.2 Å². The Morgan fingerprint density at radius 3 is 2.67 bits per heavy atom. The molecule has 6 nitrogen and oxygen atoms in total. The van der Waals surface area contributed by atoms with Gasteiger partial charge in [-0.2, -0.15) is 0 Å². The molecule has 1 aliphatic heterocycles. The van der Waals surface area contributed by atoms with Gasteiger partial charge in [0.2, 0.25) is 0 Å². The predicted molar refractivity (Wildman–Crippen MR) is 78.7 cm³/mol. The maximum absolute atomic E-state index is 12.7. The van der Waals surface area contributed by atoms with Crippen LogP contribution in [0, 0.1) is 0 Å². The van der Waals surface area contributed by atoms with E-state index in [4.69, 9.17) is 9.84 Å². The zero-order chi connectivity index (χ0) is 15.8. The Balaban J connectivity index is 2.24. The summed E-state index contributed by atoms with van der Waals surface area (Å²) in [6.07, 6.45) is -1.27. The summed E-state index contributed by atoms with van der Waals surface area (Å²) in [6, 6.07) is 0. The molecule has 116 valence electrons. The normalized spacial score (nSPS) is 23.1. The molecule has 2 atom stereocenters. The van der Waals surface area contributed by atoms with E-state index in [1.165, 1.54) is 11.3 Å². The molecule has 2 heterocycles. The molecule has 0 radical (unpaired) electrons. The number of aliphatic carboxylic acids is 1. The molecule has 1 saturated heterocycles. The van der Waals surface area contributed by atoms with Crippen molar-refractivity contribution in [1.82, 2.24) is 9.88 Å². The molecule has 0 saturated carbocycles. The van der Waals surface area contributed by atoms with Gasteiger partial charge in [-0.25, -0.2) is 9.78 Å². The van der Waals surface area contributed by atoms with E-state index in [1.54, 1.807) is 17.3 Å². The van der Waals surface area contributed by atoms with Crippen LogP contribution >= 0.6 is 11.3 Å². The van der Waals surface area contributed by atoms with Crippen LogP contribution in [0.1, 0.15) is 43.1 Å². The van der Waals surface area contributed by atoms with Gasteiger partial charge < -0.3 is 14.7 Å². The highest BCUT2D eigenvalue weighted by atomic mass is 32.1. The van der Waals surface area contributed by atoms with Crippen LogP contribution in [0.5, 0.6) is 0 Å². The zero-order valence-electron chi connectivity index (χ0n) is 12.6. The summed E-state index contributed by atoms with van der Waals surface area (Å²) in [7, 11) is 0. The molecular formula is C14H20N2O4S. The Hall–Kier alpha value is -1.47. The van der Waals surface area contributed by atoms with Crippen molar-refractivity contribution in [1.29, 1.82) is 0 Å². The number of carboxylic acids is 1. The highest BCUT2D eigenvalue weighted by Crippen LogP contribution is 2.29. The number of aromatic nitrogens is 1. The third kappa shape index (κ3) is 3.41. The summed E-state index contributed by atoms with van der Waals surface area (Å²) in [6.45, 7) is 8.24. The maximum Gasteiger partial charge on any atom is 0.334 e. The fraction of sp³-hybridized carbons (Fsp3) is 0.643. The second kappa shape index (κ2) is 5.73. The number of hydrogen-bond donors (Lipinski definition) is 1. The lowest BCUT2D eigenvalue weighted by atomic mass is 9.91. The Labute approximate surface area is 127 Å². The van der Waals surface area contributed by atoms with E-state index in [0.29, 0.717) is 11.4 Å². The highest BCUT2D eigenvalue weighted by Gasteiger charge is 2.35. The molecule has 1 N–H and O–H groups in total. The summed E-state index contributed by atoms with van der Waals surface area (Å²) in [5.74, 6) is -1.21. The molecule has 0 aliphatic carbocycles. The first-order valence-electron chi connectivity index (χ1n) is 6.81. The molecule has 1 aromatic heterocycles. The van der Waals surface area contributed by atoms with Crippen LogP contribution < -0.4 is 0 Å². The van der Waals surface area contributed by atoms with Gasteiger partial charge in [-0.3, -0.25) is 4.79 Å². The second-order valence-corrected chi connectivity index (χ2v) is 7.12. The van der Waals surface area contributed by atoms with Gasteiger partial charge in [0, 0.05) is 12.0 Å². The van der Waals surface area contributed by atoms with Crippen LogP contribution in [0.2, 0.25) is 0 Å². The Kier molecular flexibility index (Phi) is 4.34. The lowest BCUT2D eigenvalue weighted by Crippen LogP contribution is -2.51. The SMILES string of the molecule is C[C@@H]1CN(C(=O)c2scnc2C(C)(C)C)CC(C(=O)O)O1. The van der Waals surface area contributed by atoms with Crippen molar-refractivity contribution in [3.8, 4) is 0 Å². The number of hydrogen-bond acceptors (Lipinski definition) is 5. The van der Waals surface area contributed by atoms with Crippen LogP contribution in [0.25, 0.3) is 0 Å². The molecule has 0 spiro atoms. The minimum absolute atomic E-state index is 0.0694. The van der Waals surface area contributed by atoms with Crippen molar-refractivity contribution < 1.29 is 19.4 Å². The average Bonchev–Trinajstić information content (AvgIpc) is 2.86. The van der Waals surface area contributed by atoms with Crippen molar-refractivity contribution in [2.45, 2.75) is 45.3 Å². The molecule has 7 heteroatoms. The topological polar surface area (TPSA) is 79.7 Å². The highest BCUT2D eigenvalue weighted by molar-refractivity contribution is 7.11. The number of nitrogens with zero attached hydrogens (tertiary/aromatic N) is 2. The summed E-state index contributed by atoms with van der Waals surface area (Å²) in [4.78, 5) is 30.2. The van der Waals surface area contributed by atoms with E-state index in [9.17, 15) is 9.59 Å². The van der Waals surface area contributed by atoms with Gasteiger partial charge in [0.15, 0.2) is 6.10 Å². The zero-order valence-corrected chi connectivity index (χ0v) is 13.4. The van der Waals surface area contributed by atoms with Crippen molar-refractivity contribution in [3.05, 3.63) is 16.1 Å². The Morgan fingerprint density at radius 1 is 1.43 bits per heavy atom. The fourth-order valence-corrected chi connectivity index (χ4v) is 3.29. The number of ether oxygens (including phenoxy) is 1. The van der Waals surface area contributed by atoms with Gasteiger partial charge in [-0.05, 0) is 6.92 Å². The van der Waals surface area contributed by atoms with Crippen molar-refractivity contribution >= 4 is 23.2 Å². The van der Waals surface area contributed by atoms with Crippen LogP contribution in [0.4, 0.5) is 0 Å². The summed E-state index contributed by atoms with van der Waals surface area (Å²) < 4.78 is 5.34. The van der Waals surface area contributed by atoms with Crippen LogP contribution in [-0.2, 0) is 14.9 Å². The first-order chi connectivity index (χ1) is 9.70. The minimum Gasteiger partial charge on any atom is -0.479 e. The second-order valence-electron chi connectivity index (χ2n) is 6.26. The van der Waals surface area contributed by atoms with E-state index < -0.39 is 12.1 Å². The molecule has 0 aromatic carbocycles. The average molecular weight is 312 g/mol. The summed E-state index contributed by atoms with van der Waals surface area (Å²) >= 11 is 1.30. The van der Waals surface area contributed by atoms with Crippen molar-refractivity contribution in [2.75, 3.05) is 13.1 Å².